The fourth-order valence-corrected chi connectivity index (χ4v) is 2.53. The van der Waals surface area contributed by atoms with E-state index < -0.39 is 0 Å². The number of nitrogens with two attached hydrogens (primary N) is 1. The second kappa shape index (κ2) is 7.26. The first-order valence-corrected chi connectivity index (χ1v) is 7.47. The van der Waals surface area contributed by atoms with Crippen molar-refractivity contribution >= 4 is 5.91 Å². The zero-order chi connectivity index (χ0) is 15.2. The average molecular weight is 285 g/mol. The van der Waals surface area contributed by atoms with Crippen molar-refractivity contribution in [2.24, 2.45) is 5.73 Å². The lowest BCUT2D eigenvalue weighted by atomic mass is 10.0. The SMILES string of the molecule is CCN1CCN(C(=O)c2ccc(C)cc2C#CCN)CC1. The van der Waals surface area contributed by atoms with Crippen molar-refractivity contribution in [2.75, 3.05) is 39.3 Å². The zero-order valence-corrected chi connectivity index (χ0v) is 12.9. The van der Waals surface area contributed by atoms with Gasteiger partial charge in [0.25, 0.3) is 5.91 Å². The highest BCUT2D eigenvalue weighted by Gasteiger charge is 2.22. The molecule has 1 fully saturated rings. The van der Waals surface area contributed by atoms with Gasteiger partial charge in [-0.15, -0.1) is 0 Å². The van der Waals surface area contributed by atoms with Crippen molar-refractivity contribution in [1.29, 1.82) is 0 Å². The van der Waals surface area contributed by atoms with Crippen molar-refractivity contribution in [3.8, 4) is 11.8 Å². The Balaban J connectivity index is 2.19. The molecule has 0 unspecified atom stereocenters. The molecule has 4 nitrogen and oxygen atoms in total. The molecule has 2 N–H and O–H groups in total. The monoisotopic (exact) mass is 285 g/mol. The fraction of sp³-hybridized carbons (Fsp3) is 0.471. The van der Waals surface area contributed by atoms with Gasteiger partial charge in [-0.05, 0) is 31.2 Å². The summed E-state index contributed by atoms with van der Waals surface area (Å²) in [5, 5.41) is 0. The Kier molecular flexibility index (Phi) is 5.38. The first-order chi connectivity index (χ1) is 10.2. The van der Waals surface area contributed by atoms with Gasteiger partial charge in [0.2, 0.25) is 0 Å². The third-order valence-corrected chi connectivity index (χ3v) is 3.84. The van der Waals surface area contributed by atoms with Gasteiger partial charge in [-0.1, -0.05) is 24.8 Å². The number of likely N-dealkylation sites (N-methyl/N-ethyl adjacent to an activating group) is 1. The molecule has 0 radical (unpaired) electrons. The summed E-state index contributed by atoms with van der Waals surface area (Å²) in [7, 11) is 0. The zero-order valence-electron chi connectivity index (χ0n) is 12.9. The number of hydrogen-bond acceptors (Lipinski definition) is 3. The van der Waals surface area contributed by atoms with Gasteiger partial charge in [-0.3, -0.25) is 4.79 Å². The highest BCUT2D eigenvalue weighted by atomic mass is 16.2. The quantitative estimate of drug-likeness (QED) is 0.827. The molecule has 4 heteroatoms. The van der Waals surface area contributed by atoms with E-state index in [4.69, 9.17) is 5.73 Å². The van der Waals surface area contributed by atoms with Crippen molar-refractivity contribution in [1.82, 2.24) is 9.80 Å². The summed E-state index contributed by atoms with van der Waals surface area (Å²) >= 11 is 0. The maximum atomic E-state index is 12.7. The lowest BCUT2D eigenvalue weighted by molar-refractivity contribution is 0.0643. The molecule has 1 aliphatic rings. The van der Waals surface area contributed by atoms with Crippen LogP contribution < -0.4 is 5.73 Å². The molecule has 2 rings (SSSR count). The summed E-state index contributed by atoms with van der Waals surface area (Å²) in [6.45, 7) is 8.95. The number of carbonyl (C=O) groups excluding carboxylic acids is 1. The molecule has 1 aromatic carbocycles. The van der Waals surface area contributed by atoms with Crippen LogP contribution in [-0.2, 0) is 0 Å². The summed E-state index contributed by atoms with van der Waals surface area (Å²) in [6, 6.07) is 5.80. The molecule has 0 aromatic heterocycles. The predicted octanol–water partition coefficient (Wildman–Crippen LogP) is 1.08. The fourth-order valence-electron chi connectivity index (χ4n) is 2.53. The molecule has 1 amide bonds. The van der Waals surface area contributed by atoms with Crippen LogP contribution >= 0.6 is 0 Å². The largest absolute Gasteiger partial charge is 0.336 e. The summed E-state index contributed by atoms with van der Waals surface area (Å²) in [4.78, 5) is 17.0. The average Bonchev–Trinajstić information content (AvgIpc) is 2.52. The Labute approximate surface area is 126 Å². The van der Waals surface area contributed by atoms with E-state index in [9.17, 15) is 4.79 Å². The van der Waals surface area contributed by atoms with Crippen molar-refractivity contribution < 1.29 is 4.79 Å². The molecular weight excluding hydrogens is 262 g/mol. The number of nitrogens with zero attached hydrogens (tertiary/aromatic N) is 2. The van der Waals surface area contributed by atoms with Crippen LogP contribution in [0.5, 0.6) is 0 Å². The molecular formula is C17H23N3O. The summed E-state index contributed by atoms with van der Waals surface area (Å²) in [5.74, 6) is 5.94. The predicted molar refractivity (Wildman–Crippen MR) is 85.1 cm³/mol. The molecule has 0 atom stereocenters. The van der Waals surface area contributed by atoms with Gasteiger partial charge in [0.05, 0.1) is 12.1 Å². The van der Waals surface area contributed by atoms with Gasteiger partial charge in [0.1, 0.15) is 0 Å². The highest BCUT2D eigenvalue weighted by molar-refractivity contribution is 5.97. The van der Waals surface area contributed by atoms with Gasteiger partial charge in [0.15, 0.2) is 0 Å². The molecule has 0 spiro atoms. The normalized spacial score (nSPS) is 15.5. The van der Waals surface area contributed by atoms with E-state index in [1.165, 1.54) is 0 Å². The number of carbonyl (C=O) groups is 1. The van der Waals surface area contributed by atoms with Gasteiger partial charge in [-0.2, -0.15) is 0 Å². The molecule has 21 heavy (non-hydrogen) atoms. The van der Waals surface area contributed by atoms with Crippen LogP contribution in [0.4, 0.5) is 0 Å². The van der Waals surface area contributed by atoms with Gasteiger partial charge >= 0.3 is 0 Å². The third-order valence-electron chi connectivity index (χ3n) is 3.84. The summed E-state index contributed by atoms with van der Waals surface area (Å²) in [5.41, 5.74) is 8.01. The van der Waals surface area contributed by atoms with E-state index in [0.717, 1.165) is 43.9 Å². The molecule has 1 heterocycles. The minimum absolute atomic E-state index is 0.0760. The molecule has 0 bridgehead atoms. The molecule has 1 aliphatic heterocycles. The Morgan fingerprint density at radius 2 is 2.00 bits per heavy atom. The van der Waals surface area contributed by atoms with Crippen LogP contribution in [0.15, 0.2) is 18.2 Å². The van der Waals surface area contributed by atoms with Crippen molar-refractivity contribution in [3.63, 3.8) is 0 Å². The van der Waals surface area contributed by atoms with Crippen molar-refractivity contribution in [3.05, 3.63) is 34.9 Å². The van der Waals surface area contributed by atoms with E-state index in [1.807, 2.05) is 30.0 Å². The smallest absolute Gasteiger partial charge is 0.255 e. The topological polar surface area (TPSA) is 49.6 Å². The first kappa shape index (κ1) is 15.6. The Morgan fingerprint density at radius 1 is 1.29 bits per heavy atom. The Bertz CT molecular complexity index is 563. The maximum absolute atomic E-state index is 12.7. The molecule has 112 valence electrons. The van der Waals surface area contributed by atoms with E-state index in [2.05, 4.69) is 23.7 Å². The number of piperazine rings is 1. The molecule has 1 saturated heterocycles. The number of benzene rings is 1. The maximum Gasteiger partial charge on any atom is 0.255 e. The van der Waals surface area contributed by atoms with Crippen LogP contribution in [0.3, 0.4) is 0 Å². The highest BCUT2D eigenvalue weighted by Crippen LogP contribution is 2.15. The molecule has 0 aliphatic carbocycles. The number of aryl methyl sites for hydroxylation is 1. The van der Waals surface area contributed by atoms with Gasteiger partial charge in [-0.25, -0.2) is 0 Å². The summed E-state index contributed by atoms with van der Waals surface area (Å²) < 4.78 is 0. The van der Waals surface area contributed by atoms with Crippen LogP contribution in [-0.4, -0.2) is 55.0 Å². The van der Waals surface area contributed by atoms with Gasteiger partial charge in [0, 0.05) is 31.7 Å². The second-order valence-corrected chi connectivity index (χ2v) is 5.28. The van der Waals surface area contributed by atoms with Crippen LogP contribution in [0, 0.1) is 18.8 Å². The van der Waals surface area contributed by atoms with Gasteiger partial charge < -0.3 is 15.5 Å². The van der Waals surface area contributed by atoms with E-state index >= 15 is 0 Å². The second-order valence-electron chi connectivity index (χ2n) is 5.28. The van der Waals surface area contributed by atoms with Crippen LogP contribution in [0.25, 0.3) is 0 Å². The Morgan fingerprint density at radius 3 is 2.62 bits per heavy atom. The number of rotatable bonds is 2. The minimum Gasteiger partial charge on any atom is -0.336 e. The first-order valence-electron chi connectivity index (χ1n) is 7.47. The Hall–Kier alpha value is -1.83. The van der Waals surface area contributed by atoms with Crippen molar-refractivity contribution in [2.45, 2.75) is 13.8 Å². The summed E-state index contributed by atoms with van der Waals surface area (Å²) in [6.07, 6.45) is 0. The third kappa shape index (κ3) is 3.84. The molecule has 0 saturated carbocycles. The standard InChI is InChI=1S/C17H23N3O/c1-3-19-9-11-20(12-10-19)17(21)16-7-6-14(2)13-15(16)5-4-8-18/h6-7,13H,3,8-12,18H2,1-2H3. The van der Waals surface area contributed by atoms with Crippen LogP contribution in [0.1, 0.15) is 28.4 Å². The molecule has 1 aromatic rings. The number of amides is 1. The van der Waals surface area contributed by atoms with E-state index in [1.54, 1.807) is 0 Å². The minimum atomic E-state index is 0.0760. The lowest BCUT2D eigenvalue weighted by Crippen LogP contribution is -2.48. The van der Waals surface area contributed by atoms with E-state index in [-0.39, 0.29) is 5.91 Å². The van der Waals surface area contributed by atoms with E-state index in [0.29, 0.717) is 12.1 Å². The van der Waals surface area contributed by atoms with Crippen LogP contribution in [0.2, 0.25) is 0 Å². The number of hydrogen-bond donors (Lipinski definition) is 1. The lowest BCUT2D eigenvalue weighted by Gasteiger charge is -2.34.